The van der Waals surface area contributed by atoms with Crippen LogP contribution in [0.2, 0.25) is 0 Å². The maximum absolute atomic E-state index is 12.2. The summed E-state index contributed by atoms with van der Waals surface area (Å²) in [6, 6.07) is 4.26. The number of furan rings is 1. The van der Waals surface area contributed by atoms with Crippen molar-refractivity contribution in [2.75, 3.05) is 19.6 Å². The van der Waals surface area contributed by atoms with E-state index in [9.17, 15) is 4.79 Å². The van der Waals surface area contributed by atoms with Gasteiger partial charge in [0, 0.05) is 25.7 Å². The van der Waals surface area contributed by atoms with Crippen LogP contribution in [0.25, 0.3) is 0 Å². The van der Waals surface area contributed by atoms with Crippen molar-refractivity contribution in [1.82, 2.24) is 9.80 Å². The number of piperazine rings is 1. The van der Waals surface area contributed by atoms with Crippen LogP contribution in [0.1, 0.15) is 46.4 Å². The van der Waals surface area contributed by atoms with Gasteiger partial charge in [-0.25, -0.2) is 4.79 Å². The maximum atomic E-state index is 12.2. The Morgan fingerprint density at radius 3 is 2.67 bits per heavy atom. The molecule has 1 aromatic rings. The third-order valence-corrected chi connectivity index (χ3v) is 3.79. The predicted octanol–water partition coefficient (Wildman–Crippen LogP) is 3.28. The summed E-state index contributed by atoms with van der Waals surface area (Å²) in [5.41, 5.74) is -0.449. The smallest absolute Gasteiger partial charge is 0.410 e. The van der Waals surface area contributed by atoms with Gasteiger partial charge >= 0.3 is 6.09 Å². The lowest BCUT2D eigenvalue weighted by Gasteiger charge is -2.42. The SMILES string of the molecule is C[C@H](c1ccco1)N1CCN(C(=O)OC(C)(C)C)[C@@H](C)C1. The van der Waals surface area contributed by atoms with Gasteiger partial charge in [-0.1, -0.05) is 0 Å². The first-order valence-electron chi connectivity index (χ1n) is 7.55. The van der Waals surface area contributed by atoms with E-state index in [0.29, 0.717) is 6.54 Å². The highest BCUT2D eigenvalue weighted by Gasteiger charge is 2.33. The minimum absolute atomic E-state index is 0.131. The molecule has 2 rings (SSSR count). The molecule has 1 fully saturated rings. The fourth-order valence-corrected chi connectivity index (χ4v) is 2.64. The summed E-state index contributed by atoms with van der Waals surface area (Å²) >= 11 is 0. The summed E-state index contributed by atoms with van der Waals surface area (Å²) in [4.78, 5) is 16.3. The molecule has 0 unspecified atom stereocenters. The van der Waals surface area contributed by atoms with Crippen molar-refractivity contribution in [3.05, 3.63) is 24.2 Å². The van der Waals surface area contributed by atoms with Crippen LogP contribution in [0.15, 0.2) is 22.8 Å². The van der Waals surface area contributed by atoms with E-state index in [1.807, 2.05) is 37.8 Å². The van der Waals surface area contributed by atoms with E-state index in [2.05, 4.69) is 18.7 Å². The van der Waals surface area contributed by atoms with Crippen molar-refractivity contribution in [2.24, 2.45) is 0 Å². The van der Waals surface area contributed by atoms with Gasteiger partial charge in [0.05, 0.1) is 12.3 Å². The number of carbonyl (C=O) groups is 1. The van der Waals surface area contributed by atoms with E-state index in [0.717, 1.165) is 18.8 Å². The van der Waals surface area contributed by atoms with Crippen LogP contribution in [0, 0.1) is 0 Å². The molecular weight excluding hydrogens is 268 g/mol. The molecule has 1 saturated heterocycles. The molecule has 21 heavy (non-hydrogen) atoms. The van der Waals surface area contributed by atoms with E-state index in [4.69, 9.17) is 9.15 Å². The Bertz CT molecular complexity index is 464. The zero-order valence-electron chi connectivity index (χ0n) is 13.6. The summed E-state index contributed by atoms with van der Waals surface area (Å²) in [5, 5.41) is 0. The second kappa shape index (κ2) is 6.10. The Kier molecular flexibility index (Phi) is 4.61. The molecule has 0 bridgehead atoms. The number of amides is 1. The monoisotopic (exact) mass is 294 g/mol. The molecule has 0 aromatic carbocycles. The standard InChI is InChI=1S/C16H26N2O3/c1-12-11-17(13(2)14-7-6-10-20-14)8-9-18(12)15(19)21-16(3,4)5/h6-7,10,12-13H,8-9,11H2,1-5H3/t12-,13+/m0/s1. The van der Waals surface area contributed by atoms with Crippen LogP contribution >= 0.6 is 0 Å². The average Bonchev–Trinajstić information content (AvgIpc) is 2.89. The van der Waals surface area contributed by atoms with Gasteiger partial charge in [-0.2, -0.15) is 0 Å². The van der Waals surface area contributed by atoms with Gasteiger partial charge < -0.3 is 14.1 Å². The minimum atomic E-state index is -0.449. The van der Waals surface area contributed by atoms with Gasteiger partial charge in [-0.3, -0.25) is 4.90 Å². The number of carbonyl (C=O) groups excluding carboxylic acids is 1. The number of hydrogen-bond donors (Lipinski definition) is 0. The third kappa shape index (κ3) is 4.00. The fraction of sp³-hybridized carbons (Fsp3) is 0.688. The number of hydrogen-bond acceptors (Lipinski definition) is 4. The van der Waals surface area contributed by atoms with Gasteiger partial charge in [0.25, 0.3) is 0 Å². The van der Waals surface area contributed by atoms with Crippen LogP contribution in [0.4, 0.5) is 4.79 Å². The number of rotatable bonds is 2. The third-order valence-electron chi connectivity index (χ3n) is 3.79. The Morgan fingerprint density at radius 1 is 1.43 bits per heavy atom. The summed E-state index contributed by atoms with van der Waals surface area (Å²) < 4.78 is 10.9. The number of ether oxygens (including phenoxy) is 1. The van der Waals surface area contributed by atoms with Gasteiger partial charge in [0.2, 0.25) is 0 Å². The van der Waals surface area contributed by atoms with Crippen LogP contribution in [-0.2, 0) is 4.74 Å². The molecule has 2 atom stereocenters. The molecule has 1 amide bonds. The lowest BCUT2D eigenvalue weighted by atomic mass is 10.1. The molecule has 5 heteroatoms. The molecule has 2 heterocycles. The minimum Gasteiger partial charge on any atom is -0.468 e. The Balaban J connectivity index is 1.94. The Morgan fingerprint density at radius 2 is 2.14 bits per heavy atom. The molecule has 0 radical (unpaired) electrons. The van der Waals surface area contributed by atoms with Crippen LogP contribution in [-0.4, -0.2) is 47.2 Å². The molecule has 5 nitrogen and oxygen atoms in total. The van der Waals surface area contributed by atoms with Crippen LogP contribution < -0.4 is 0 Å². The second-order valence-electron chi connectivity index (χ2n) is 6.71. The first-order valence-corrected chi connectivity index (χ1v) is 7.55. The predicted molar refractivity (Wildman–Crippen MR) is 81.1 cm³/mol. The fourth-order valence-electron chi connectivity index (χ4n) is 2.64. The molecule has 1 aliphatic heterocycles. The van der Waals surface area contributed by atoms with Gasteiger partial charge in [0.15, 0.2) is 0 Å². The van der Waals surface area contributed by atoms with Gasteiger partial charge in [-0.15, -0.1) is 0 Å². The first-order chi connectivity index (χ1) is 9.78. The molecular formula is C16H26N2O3. The summed E-state index contributed by atoms with van der Waals surface area (Å²) in [5.74, 6) is 0.966. The highest BCUT2D eigenvalue weighted by molar-refractivity contribution is 5.68. The van der Waals surface area contributed by atoms with Crippen molar-refractivity contribution in [2.45, 2.75) is 52.3 Å². The van der Waals surface area contributed by atoms with Crippen molar-refractivity contribution >= 4 is 6.09 Å². The Labute approximate surface area is 126 Å². The summed E-state index contributed by atoms with van der Waals surface area (Å²) in [6.45, 7) is 12.2. The zero-order chi connectivity index (χ0) is 15.6. The number of nitrogens with zero attached hydrogens (tertiary/aromatic N) is 2. The molecule has 118 valence electrons. The highest BCUT2D eigenvalue weighted by Crippen LogP contribution is 2.24. The largest absolute Gasteiger partial charge is 0.468 e. The van der Waals surface area contributed by atoms with E-state index in [1.54, 1.807) is 6.26 Å². The molecule has 0 saturated carbocycles. The molecule has 0 N–H and O–H groups in total. The molecule has 0 aliphatic carbocycles. The lowest BCUT2D eigenvalue weighted by molar-refractivity contribution is -0.00469. The highest BCUT2D eigenvalue weighted by atomic mass is 16.6. The Hall–Kier alpha value is -1.49. The van der Waals surface area contributed by atoms with E-state index in [1.165, 1.54) is 0 Å². The summed E-state index contributed by atoms with van der Waals surface area (Å²) in [6.07, 6.45) is 1.48. The van der Waals surface area contributed by atoms with Crippen LogP contribution in [0.3, 0.4) is 0 Å². The van der Waals surface area contributed by atoms with Gasteiger partial charge in [-0.05, 0) is 46.8 Å². The topological polar surface area (TPSA) is 45.9 Å². The maximum Gasteiger partial charge on any atom is 0.410 e. The second-order valence-corrected chi connectivity index (χ2v) is 6.71. The van der Waals surface area contributed by atoms with Gasteiger partial charge in [0.1, 0.15) is 11.4 Å². The summed E-state index contributed by atoms with van der Waals surface area (Å²) in [7, 11) is 0. The van der Waals surface area contributed by atoms with Crippen molar-refractivity contribution in [3.8, 4) is 0 Å². The zero-order valence-corrected chi connectivity index (χ0v) is 13.6. The van der Waals surface area contributed by atoms with Crippen molar-refractivity contribution < 1.29 is 13.9 Å². The quantitative estimate of drug-likeness (QED) is 0.839. The van der Waals surface area contributed by atoms with Crippen molar-refractivity contribution in [3.63, 3.8) is 0 Å². The van der Waals surface area contributed by atoms with E-state index < -0.39 is 5.60 Å². The molecule has 1 aliphatic rings. The lowest BCUT2D eigenvalue weighted by Crippen LogP contribution is -2.55. The molecule has 0 spiro atoms. The van der Waals surface area contributed by atoms with Crippen LogP contribution in [0.5, 0.6) is 0 Å². The average molecular weight is 294 g/mol. The first kappa shape index (κ1) is 15.9. The van der Waals surface area contributed by atoms with Crippen molar-refractivity contribution in [1.29, 1.82) is 0 Å². The van der Waals surface area contributed by atoms with E-state index >= 15 is 0 Å². The van der Waals surface area contributed by atoms with E-state index in [-0.39, 0.29) is 18.2 Å². The normalized spacial score (nSPS) is 22.1. The molecule has 1 aromatic heterocycles.